The monoisotopic (exact) mass is 341 g/mol. The lowest BCUT2D eigenvalue weighted by atomic mass is 9.98. The van der Waals surface area contributed by atoms with E-state index in [1.165, 1.54) is 6.92 Å². The van der Waals surface area contributed by atoms with Gasteiger partial charge in [-0.05, 0) is 44.7 Å². The van der Waals surface area contributed by atoms with Crippen molar-refractivity contribution in [1.82, 2.24) is 0 Å². The zero-order chi connectivity index (χ0) is 17.0. The van der Waals surface area contributed by atoms with E-state index in [0.29, 0.717) is 0 Å². The van der Waals surface area contributed by atoms with Crippen molar-refractivity contribution in [1.29, 1.82) is 0 Å². The number of nitrogens with zero attached hydrogens (tertiary/aromatic N) is 1. The second-order valence-electron chi connectivity index (χ2n) is 5.64. The van der Waals surface area contributed by atoms with E-state index in [0.717, 1.165) is 56.4 Å². The minimum atomic E-state index is -3.93. The van der Waals surface area contributed by atoms with Crippen LogP contribution in [0.5, 0.6) is 0 Å². The van der Waals surface area contributed by atoms with Crippen LogP contribution in [-0.4, -0.2) is 30.7 Å². The fraction of sp³-hybridized carbons (Fsp3) is 0.533. The number of carbonyl (C=O) groups excluding carboxylic acids is 1. The Hall–Kier alpha value is -1.96. The van der Waals surface area contributed by atoms with Crippen LogP contribution in [0.4, 0.5) is 5.69 Å². The van der Waals surface area contributed by atoms with Gasteiger partial charge in [-0.1, -0.05) is 6.42 Å². The molecule has 0 heterocycles. The molecule has 1 fully saturated rings. The molecule has 0 spiro atoms. The Balaban J connectivity index is 2.10. The highest BCUT2D eigenvalue weighted by atomic mass is 32.2. The highest BCUT2D eigenvalue weighted by Gasteiger charge is 2.33. The molecule has 1 aromatic carbocycles. The van der Waals surface area contributed by atoms with Gasteiger partial charge in [0.15, 0.2) is 15.1 Å². The first kappa shape index (κ1) is 17.4. The molecule has 0 bridgehead atoms. The normalized spacial score (nSPS) is 17.4. The zero-order valence-electron chi connectivity index (χ0n) is 12.8. The third kappa shape index (κ3) is 4.07. The Morgan fingerprint density at radius 1 is 1.22 bits per heavy atom. The van der Waals surface area contributed by atoms with Gasteiger partial charge in [0.2, 0.25) is 0 Å². The van der Waals surface area contributed by atoms with E-state index >= 15 is 0 Å². The van der Waals surface area contributed by atoms with Crippen molar-refractivity contribution >= 4 is 21.5 Å². The number of hydrogen-bond acceptors (Lipinski definition) is 6. The first-order valence-electron chi connectivity index (χ1n) is 7.51. The molecule has 1 aromatic rings. The summed E-state index contributed by atoms with van der Waals surface area (Å²) in [5.74, 6) is -0.768. The van der Waals surface area contributed by atoms with Crippen LogP contribution in [0.3, 0.4) is 0 Å². The van der Waals surface area contributed by atoms with Crippen molar-refractivity contribution in [2.75, 3.05) is 0 Å². The lowest BCUT2D eigenvalue weighted by Gasteiger charge is -2.23. The van der Waals surface area contributed by atoms with Gasteiger partial charge in [0.05, 0.1) is 9.82 Å². The third-order valence-corrected chi connectivity index (χ3v) is 6.06. The summed E-state index contributed by atoms with van der Waals surface area (Å²) in [6.07, 6.45) is 4.35. The van der Waals surface area contributed by atoms with Crippen LogP contribution in [0.25, 0.3) is 0 Å². The van der Waals surface area contributed by atoms with E-state index in [1.54, 1.807) is 0 Å². The molecule has 0 unspecified atom stereocenters. The molecular weight excluding hydrogens is 322 g/mol. The molecule has 7 nitrogen and oxygen atoms in total. The number of sulfone groups is 1. The highest BCUT2D eigenvalue weighted by Crippen LogP contribution is 2.24. The zero-order valence-corrected chi connectivity index (χ0v) is 13.6. The second kappa shape index (κ2) is 7.08. The molecule has 2 rings (SSSR count). The molecule has 1 saturated carbocycles. The number of benzene rings is 1. The summed E-state index contributed by atoms with van der Waals surface area (Å²) in [6.45, 7) is 1.28. The first-order valence-corrected chi connectivity index (χ1v) is 9.06. The number of hydrogen-bond donors (Lipinski definition) is 0. The number of ether oxygens (including phenoxy) is 1. The van der Waals surface area contributed by atoms with Crippen LogP contribution in [-0.2, 0) is 19.4 Å². The second-order valence-corrected chi connectivity index (χ2v) is 7.90. The Morgan fingerprint density at radius 3 is 2.30 bits per heavy atom. The van der Waals surface area contributed by atoms with E-state index in [4.69, 9.17) is 4.74 Å². The van der Waals surface area contributed by atoms with Crippen molar-refractivity contribution in [2.45, 2.75) is 55.3 Å². The van der Waals surface area contributed by atoms with Gasteiger partial charge in [0, 0.05) is 12.1 Å². The molecule has 8 heteroatoms. The number of esters is 1. The van der Waals surface area contributed by atoms with E-state index in [2.05, 4.69) is 0 Å². The SMILES string of the molecule is C[C@@H](C(=O)OC1CCCCC1)S(=O)(=O)c1ccc([N+](=O)[O-])cc1. The van der Waals surface area contributed by atoms with Gasteiger partial charge in [-0.15, -0.1) is 0 Å². The predicted molar refractivity (Wildman–Crippen MR) is 82.7 cm³/mol. The van der Waals surface area contributed by atoms with E-state index in [9.17, 15) is 23.3 Å². The fourth-order valence-electron chi connectivity index (χ4n) is 2.53. The smallest absolute Gasteiger partial charge is 0.324 e. The van der Waals surface area contributed by atoms with E-state index < -0.39 is 26.0 Å². The first-order chi connectivity index (χ1) is 10.8. The van der Waals surface area contributed by atoms with Crippen LogP contribution in [0, 0.1) is 10.1 Å². The van der Waals surface area contributed by atoms with Gasteiger partial charge in [0.1, 0.15) is 6.10 Å². The summed E-state index contributed by atoms with van der Waals surface area (Å²) in [7, 11) is -3.93. The van der Waals surface area contributed by atoms with Crippen LogP contribution >= 0.6 is 0 Å². The van der Waals surface area contributed by atoms with Crippen molar-refractivity contribution < 1.29 is 22.9 Å². The molecule has 1 atom stereocenters. The van der Waals surface area contributed by atoms with Crippen LogP contribution in [0.2, 0.25) is 0 Å². The standard InChI is InChI=1S/C15H19NO6S/c1-11(15(17)22-13-5-3-2-4-6-13)23(20,21)14-9-7-12(8-10-14)16(18)19/h7-11,13H,2-6H2,1H3/t11-/m0/s1. The van der Waals surface area contributed by atoms with Crippen molar-refractivity contribution in [2.24, 2.45) is 0 Å². The van der Waals surface area contributed by atoms with Gasteiger partial charge < -0.3 is 4.74 Å². The van der Waals surface area contributed by atoms with Crippen molar-refractivity contribution in [3.05, 3.63) is 34.4 Å². The van der Waals surface area contributed by atoms with Crippen LogP contribution in [0.1, 0.15) is 39.0 Å². The largest absolute Gasteiger partial charge is 0.461 e. The Morgan fingerprint density at radius 2 is 1.78 bits per heavy atom. The van der Waals surface area contributed by atoms with Crippen LogP contribution < -0.4 is 0 Å². The summed E-state index contributed by atoms with van der Waals surface area (Å²) in [5.41, 5.74) is -0.207. The Kier molecular flexibility index (Phi) is 5.35. The topological polar surface area (TPSA) is 104 Å². The number of carbonyl (C=O) groups is 1. The minimum Gasteiger partial charge on any atom is -0.461 e. The molecule has 0 aliphatic heterocycles. The van der Waals surface area contributed by atoms with Gasteiger partial charge in [0.25, 0.3) is 5.69 Å². The maximum absolute atomic E-state index is 12.4. The van der Waals surface area contributed by atoms with Gasteiger partial charge in [-0.3, -0.25) is 14.9 Å². The Bertz CT molecular complexity index is 676. The average molecular weight is 341 g/mol. The third-order valence-electron chi connectivity index (χ3n) is 4.01. The molecule has 23 heavy (non-hydrogen) atoms. The molecule has 0 amide bonds. The Labute approximate surface area is 134 Å². The summed E-state index contributed by atoms with van der Waals surface area (Å²) in [6, 6.07) is 4.48. The van der Waals surface area contributed by atoms with Gasteiger partial charge in [-0.2, -0.15) is 0 Å². The fourth-order valence-corrected chi connectivity index (χ4v) is 3.76. The molecular formula is C15H19NO6S. The highest BCUT2D eigenvalue weighted by molar-refractivity contribution is 7.92. The minimum absolute atomic E-state index is 0.129. The summed E-state index contributed by atoms with van der Waals surface area (Å²) in [4.78, 5) is 22.0. The van der Waals surface area contributed by atoms with Crippen molar-refractivity contribution in [3.8, 4) is 0 Å². The lowest BCUT2D eigenvalue weighted by molar-refractivity contribution is -0.384. The molecule has 0 saturated heterocycles. The molecule has 0 radical (unpaired) electrons. The average Bonchev–Trinajstić information content (AvgIpc) is 2.55. The van der Waals surface area contributed by atoms with E-state index in [-0.39, 0.29) is 16.7 Å². The predicted octanol–water partition coefficient (Wildman–Crippen LogP) is 2.63. The number of non-ortho nitro benzene ring substituents is 1. The summed E-state index contributed by atoms with van der Waals surface area (Å²) >= 11 is 0. The molecule has 126 valence electrons. The molecule has 1 aliphatic rings. The number of nitro groups is 1. The number of rotatable bonds is 5. The maximum Gasteiger partial charge on any atom is 0.324 e. The van der Waals surface area contributed by atoms with Crippen LogP contribution in [0.15, 0.2) is 29.2 Å². The quantitative estimate of drug-likeness (QED) is 0.463. The van der Waals surface area contributed by atoms with Crippen molar-refractivity contribution in [3.63, 3.8) is 0 Å². The summed E-state index contributed by atoms with van der Waals surface area (Å²) in [5, 5.41) is 9.27. The molecule has 0 N–H and O–H groups in total. The van der Waals surface area contributed by atoms with Gasteiger partial charge in [-0.25, -0.2) is 8.42 Å². The lowest BCUT2D eigenvalue weighted by Crippen LogP contribution is -2.33. The number of nitro benzene ring substituents is 1. The van der Waals surface area contributed by atoms with E-state index in [1.807, 2.05) is 0 Å². The molecule has 1 aliphatic carbocycles. The van der Waals surface area contributed by atoms with Gasteiger partial charge >= 0.3 is 5.97 Å². The summed E-state index contributed by atoms with van der Waals surface area (Å²) < 4.78 is 30.1. The molecule has 0 aromatic heterocycles. The maximum atomic E-state index is 12.4.